The molecule has 0 saturated heterocycles. The van der Waals surface area contributed by atoms with Crippen LogP contribution in [0.5, 0.6) is 0 Å². The lowest BCUT2D eigenvalue weighted by molar-refractivity contribution is -0.238. The van der Waals surface area contributed by atoms with Crippen molar-refractivity contribution in [3.63, 3.8) is 0 Å². The molecule has 0 heterocycles. The van der Waals surface area contributed by atoms with E-state index in [0.29, 0.717) is 18.3 Å². The monoisotopic (exact) mass is 417 g/mol. The summed E-state index contributed by atoms with van der Waals surface area (Å²) in [4.78, 5) is 15.2. The number of benzene rings is 1. The van der Waals surface area contributed by atoms with Crippen molar-refractivity contribution in [3.8, 4) is 0 Å². The first-order valence-electron chi connectivity index (χ1n) is 11.2. The van der Waals surface area contributed by atoms with Crippen LogP contribution in [-0.2, 0) is 4.79 Å². The summed E-state index contributed by atoms with van der Waals surface area (Å²) in [6.45, 7) is 8.35. The molecule has 4 saturated carbocycles. The molecule has 2 unspecified atom stereocenters. The van der Waals surface area contributed by atoms with Gasteiger partial charge in [0.25, 0.3) is 0 Å². The molecule has 0 radical (unpaired) electrons. The normalized spacial score (nSPS) is 39.4. The maximum Gasteiger partial charge on any atom is 0.228 e. The maximum atomic E-state index is 13.6. The molecule has 0 spiro atoms. The predicted molar refractivity (Wildman–Crippen MR) is 118 cm³/mol. The number of alkyl halides is 1. The van der Waals surface area contributed by atoms with Crippen LogP contribution in [0, 0.1) is 22.7 Å². The molecule has 4 heteroatoms. The second-order valence-corrected chi connectivity index (χ2v) is 11.8. The van der Waals surface area contributed by atoms with Crippen molar-refractivity contribution in [2.45, 2.75) is 82.7 Å². The lowest BCUT2D eigenvalue weighted by Crippen LogP contribution is -2.70. The van der Waals surface area contributed by atoms with Crippen LogP contribution in [0.4, 0.5) is 0 Å². The summed E-state index contributed by atoms with van der Waals surface area (Å²) >= 11 is 7.00. The highest BCUT2D eigenvalue weighted by molar-refractivity contribution is 6.24. The molecule has 1 amide bonds. The number of rotatable bonds is 5. The molecule has 0 aromatic heterocycles. The molecule has 6 atom stereocenters. The van der Waals surface area contributed by atoms with Gasteiger partial charge in [-0.1, -0.05) is 58.0 Å². The van der Waals surface area contributed by atoms with Crippen LogP contribution in [0.15, 0.2) is 30.3 Å². The van der Waals surface area contributed by atoms with E-state index < -0.39 is 16.4 Å². The topological polar surface area (TPSA) is 40.5 Å². The van der Waals surface area contributed by atoms with Crippen LogP contribution in [-0.4, -0.2) is 33.4 Å². The van der Waals surface area contributed by atoms with Gasteiger partial charge in [0, 0.05) is 22.8 Å². The van der Waals surface area contributed by atoms with Crippen molar-refractivity contribution < 1.29 is 9.90 Å². The van der Waals surface area contributed by atoms with E-state index in [4.69, 9.17) is 11.6 Å². The number of carbonyl (C=O) groups is 1. The number of nitrogens with zero attached hydrogens (tertiary/aromatic N) is 1. The van der Waals surface area contributed by atoms with Gasteiger partial charge < -0.3 is 10.0 Å². The summed E-state index contributed by atoms with van der Waals surface area (Å²) in [7, 11) is 1.94. The van der Waals surface area contributed by atoms with Gasteiger partial charge >= 0.3 is 0 Å². The number of halogens is 1. The highest BCUT2D eigenvalue weighted by atomic mass is 35.5. The lowest BCUT2D eigenvalue weighted by Gasteiger charge is -2.69. The number of aliphatic hydroxyl groups is 1. The van der Waals surface area contributed by atoms with Crippen LogP contribution >= 0.6 is 11.6 Å². The number of amides is 1. The molecular formula is C25H36ClNO2. The minimum Gasteiger partial charge on any atom is -0.389 e. The van der Waals surface area contributed by atoms with Crippen molar-refractivity contribution in [1.29, 1.82) is 0 Å². The number of carbonyl (C=O) groups excluding carboxylic acids is 1. The zero-order valence-corrected chi connectivity index (χ0v) is 19.3. The average Bonchev–Trinajstić information content (AvgIpc) is 2.65. The van der Waals surface area contributed by atoms with Crippen molar-refractivity contribution in [3.05, 3.63) is 35.9 Å². The second-order valence-electron chi connectivity index (χ2n) is 11.0. The summed E-state index contributed by atoms with van der Waals surface area (Å²) in [5, 5.41) is 12.1. The molecule has 4 aliphatic carbocycles. The summed E-state index contributed by atoms with van der Waals surface area (Å²) < 4.78 is 0. The van der Waals surface area contributed by atoms with E-state index in [2.05, 4.69) is 26.0 Å². The Morgan fingerprint density at radius 2 is 1.93 bits per heavy atom. The van der Waals surface area contributed by atoms with Gasteiger partial charge in [0.15, 0.2) is 0 Å². The zero-order valence-electron chi connectivity index (χ0n) is 18.5. The fourth-order valence-corrected chi connectivity index (χ4v) is 7.69. The Labute approximate surface area is 180 Å². The van der Waals surface area contributed by atoms with Crippen molar-refractivity contribution in [1.82, 2.24) is 4.90 Å². The summed E-state index contributed by atoms with van der Waals surface area (Å²) in [5.74, 6) is 0.965. The minimum absolute atomic E-state index is 0.146. The molecule has 5 rings (SSSR count). The lowest BCUT2D eigenvalue weighted by atomic mass is 9.41. The number of hydrogen-bond donors (Lipinski definition) is 1. The quantitative estimate of drug-likeness (QED) is 0.637. The van der Waals surface area contributed by atoms with Gasteiger partial charge in [0.2, 0.25) is 5.91 Å². The largest absolute Gasteiger partial charge is 0.389 e. The molecule has 3 nitrogen and oxygen atoms in total. The highest BCUT2D eigenvalue weighted by Crippen LogP contribution is 2.70. The smallest absolute Gasteiger partial charge is 0.228 e. The van der Waals surface area contributed by atoms with Gasteiger partial charge in [-0.2, -0.15) is 0 Å². The molecule has 0 aliphatic heterocycles. The van der Waals surface area contributed by atoms with E-state index in [0.717, 1.165) is 37.7 Å². The molecule has 160 valence electrons. The Balaban J connectivity index is 1.83. The minimum atomic E-state index is -0.843. The van der Waals surface area contributed by atoms with Crippen molar-refractivity contribution in [2.75, 3.05) is 7.05 Å². The van der Waals surface area contributed by atoms with Crippen molar-refractivity contribution in [2.24, 2.45) is 22.7 Å². The molecule has 1 aromatic carbocycles. The van der Waals surface area contributed by atoms with Gasteiger partial charge in [-0.05, 0) is 55.9 Å². The Morgan fingerprint density at radius 1 is 1.28 bits per heavy atom. The van der Waals surface area contributed by atoms with Crippen LogP contribution < -0.4 is 0 Å². The fourth-order valence-electron chi connectivity index (χ4n) is 7.06. The van der Waals surface area contributed by atoms with Gasteiger partial charge in [0.1, 0.15) is 0 Å². The van der Waals surface area contributed by atoms with Gasteiger partial charge in [-0.3, -0.25) is 4.79 Å². The van der Waals surface area contributed by atoms with Crippen LogP contribution in [0.2, 0.25) is 0 Å². The first-order valence-corrected chi connectivity index (χ1v) is 11.6. The third-order valence-corrected chi connectivity index (χ3v) is 9.27. The van der Waals surface area contributed by atoms with Crippen LogP contribution in [0.3, 0.4) is 0 Å². The van der Waals surface area contributed by atoms with E-state index in [1.807, 2.05) is 44.0 Å². The number of hydrogen-bond acceptors (Lipinski definition) is 2. The first-order chi connectivity index (χ1) is 13.5. The maximum absolute atomic E-state index is 13.6. The Morgan fingerprint density at radius 3 is 2.48 bits per heavy atom. The molecule has 1 aromatic rings. The van der Waals surface area contributed by atoms with E-state index in [-0.39, 0.29) is 16.8 Å². The highest BCUT2D eigenvalue weighted by Gasteiger charge is 2.70. The standard InChI is InChI=1S/C25H36ClNO2/c1-6-22(2,3)21(28)27(5)20(18-10-8-7-9-11-18)23(4)19-12-17-13-24(26,15-19)16-25(23,29)14-17/h7-11,17,19-20,29H,6,12-16H2,1-5H3/t17?,19?,20-,23+,24-,25-/m0/s1. The van der Waals surface area contributed by atoms with Gasteiger partial charge in [-0.25, -0.2) is 0 Å². The van der Waals surface area contributed by atoms with Crippen LogP contribution in [0.1, 0.15) is 77.8 Å². The summed E-state index contributed by atoms with van der Waals surface area (Å²) in [6.07, 6.45) is 5.29. The van der Waals surface area contributed by atoms with E-state index in [9.17, 15) is 9.90 Å². The van der Waals surface area contributed by atoms with Gasteiger partial charge in [-0.15, -0.1) is 11.6 Å². The Kier molecular flexibility index (Phi) is 4.91. The Bertz CT molecular complexity index is 795. The molecule has 4 bridgehead atoms. The summed E-state index contributed by atoms with van der Waals surface area (Å²) in [6, 6.07) is 10.2. The van der Waals surface area contributed by atoms with E-state index in [1.165, 1.54) is 0 Å². The third-order valence-electron chi connectivity index (χ3n) is 8.82. The second kappa shape index (κ2) is 6.72. The predicted octanol–water partition coefficient (Wildman–Crippen LogP) is 5.56. The molecule has 1 N–H and O–H groups in total. The van der Waals surface area contributed by atoms with E-state index in [1.54, 1.807) is 0 Å². The summed E-state index contributed by atoms with van der Waals surface area (Å²) in [5.41, 5.74) is -0.579. The molecule has 4 fully saturated rings. The third kappa shape index (κ3) is 3.07. The zero-order chi connectivity index (χ0) is 21.2. The van der Waals surface area contributed by atoms with Crippen LogP contribution in [0.25, 0.3) is 0 Å². The van der Waals surface area contributed by atoms with Gasteiger partial charge in [0.05, 0.1) is 11.6 Å². The molecule has 29 heavy (non-hydrogen) atoms. The molecule has 4 aliphatic rings. The average molecular weight is 418 g/mol. The van der Waals surface area contributed by atoms with E-state index >= 15 is 0 Å². The Hall–Kier alpha value is -1.06. The first kappa shape index (κ1) is 21.2. The SMILES string of the molecule is CCC(C)(C)C(=O)N(C)[C@@H](c1ccccc1)[C@@]1(C)C2CC3C[C@](Cl)(C2)C[C@@]1(O)C3. The molecular weight excluding hydrogens is 382 g/mol. The fraction of sp³-hybridized carbons (Fsp3) is 0.720. The van der Waals surface area contributed by atoms with Crippen molar-refractivity contribution >= 4 is 17.5 Å².